The number of aromatic nitrogens is 3. The summed E-state index contributed by atoms with van der Waals surface area (Å²) in [6, 6.07) is 3.54. The van der Waals surface area contributed by atoms with Crippen LogP contribution in [0.1, 0.15) is 60.9 Å². The number of benzene rings is 1. The van der Waals surface area contributed by atoms with E-state index in [9.17, 15) is 22.5 Å². The van der Waals surface area contributed by atoms with Crippen LogP contribution in [-0.4, -0.2) is 59.4 Å². The van der Waals surface area contributed by atoms with Crippen molar-refractivity contribution in [1.82, 2.24) is 25.6 Å². The number of alkyl halides is 3. The van der Waals surface area contributed by atoms with Gasteiger partial charge in [0.05, 0.1) is 16.8 Å². The van der Waals surface area contributed by atoms with E-state index in [0.717, 1.165) is 57.7 Å². The molecule has 8 bridgehead atoms. The number of fused-ring (bicyclic) bond motifs is 9. The number of nitrogens with zero attached hydrogens (tertiary/aromatic N) is 2. The molecule has 1 aliphatic carbocycles. The third-order valence-electron chi connectivity index (χ3n) is 7.55. The quantitative estimate of drug-likeness (QED) is 0.307. The van der Waals surface area contributed by atoms with E-state index in [1.165, 1.54) is 6.20 Å². The number of H-pyrrole nitrogens is 1. The van der Waals surface area contributed by atoms with E-state index in [0.29, 0.717) is 28.8 Å². The normalized spacial score (nSPS) is 21.5. The van der Waals surface area contributed by atoms with E-state index in [-0.39, 0.29) is 34.7 Å². The minimum Gasteiger partial charge on any atom is -0.360 e. The zero-order valence-electron chi connectivity index (χ0n) is 22.1. The molecule has 210 valence electrons. The Morgan fingerprint density at radius 3 is 2.49 bits per heavy atom. The Hall–Kier alpha value is -2.91. The predicted molar refractivity (Wildman–Crippen MR) is 147 cm³/mol. The summed E-state index contributed by atoms with van der Waals surface area (Å²) in [6.45, 7) is 4.49. The van der Waals surface area contributed by atoms with Crippen LogP contribution >= 0.6 is 7.14 Å². The minimum atomic E-state index is -4.68. The molecule has 8 nitrogen and oxygen atoms in total. The van der Waals surface area contributed by atoms with Crippen LogP contribution in [0, 0.1) is 0 Å². The van der Waals surface area contributed by atoms with Crippen LogP contribution in [0.5, 0.6) is 0 Å². The number of anilines is 1. The summed E-state index contributed by atoms with van der Waals surface area (Å²) in [5, 5.41) is 10.5. The number of rotatable bonds is 1. The highest BCUT2D eigenvalue weighted by Crippen LogP contribution is 2.43. The van der Waals surface area contributed by atoms with Gasteiger partial charge in [0.2, 0.25) is 5.95 Å². The monoisotopic (exact) mass is 562 g/mol. The highest BCUT2D eigenvalue weighted by Gasteiger charge is 2.37. The van der Waals surface area contributed by atoms with Crippen molar-refractivity contribution >= 4 is 35.2 Å². The molecular weight excluding hydrogens is 528 g/mol. The molecule has 3 aliphatic rings. The van der Waals surface area contributed by atoms with Crippen LogP contribution in [-0.2, 0) is 10.7 Å². The Morgan fingerprint density at radius 2 is 1.74 bits per heavy atom. The largest absolute Gasteiger partial charge is 0.419 e. The molecule has 2 aromatic heterocycles. The maximum atomic E-state index is 14.1. The molecule has 1 aromatic carbocycles. The molecule has 4 heterocycles. The summed E-state index contributed by atoms with van der Waals surface area (Å²) in [5.41, 5.74) is -0.381. The number of aromatic amines is 1. The molecular formula is C27H34F3N6O2P. The van der Waals surface area contributed by atoms with Crippen molar-refractivity contribution in [3.05, 3.63) is 35.7 Å². The highest BCUT2D eigenvalue weighted by atomic mass is 31.2. The minimum absolute atomic E-state index is 0.0569. The summed E-state index contributed by atoms with van der Waals surface area (Å²) in [6.07, 6.45) is 4.14. The highest BCUT2D eigenvalue weighted by molar-refractivity contribution is 7.70. The van der Waals surface area contributed by atoms with E-state index >= 15 is 0 Å². The number of carbonyl (C=O) groups excluding carboxylic acids is 1. The first kappa shape index (κ1) is 27.6. The van der Waals surface area contributed by atoms with Gasteiger partial charge in [0.15, 0.2) is 0 Å². The van der Waals surface area contributed by atoms with Gasteiger partial charge >= 0.3 is 6.18 Å². The van der Waals surface area contributed by atoms with Crippen LogP contribution in [0.3, 0.4) is 0 Å². The number of hydrogen-bond donors (Lipinski definition) is 4. The Balaban J connectivity index is 1.63. The number of halogens is 3. The van der Waals surface area contributed by atoms with Crippen LogP contribution in [0.4, 0.5) is 19.1 Å². The van der Waals surface area contributed by atoms with Gasteiger partial charge in [-0.15, -0.1) is 0 Å². The zero-order valence-corrected chi connectivity index (χ0v) is 23.0. The van der Waals surface area contributed by atoms with Gasteiger partial charge in [-0.2, -0.15) is 13.2 Å². The second-order valence-corrected chi connectivity index (χ2v) is 14.0. The first-order chi connectivity index (χ1) is 18.5. The summed E-state index contributed by atoms with van der Waals surface area (Å²) in [4.78, 5) is 24.5. The number of hydrogen-bond acceptors (Lipinski definition) is 6. The van der Waals surface area contributed by atoms with E-state index in [1.54, 1.807) is 25.5 Å². The molecule has 4 N–H and O–H groups in total. The standard InChI is InChI=1S/C27H34F3N6O2P/c1-39(2,38)24-19-10-9-18-20(14-33-23(18)24)22-21(27(28,29)30)15-34-26(36-22)35-17-8-7-16(13-17)31-11-5-3-4-6-12-32-25(19)37/h9-10,14-17,31,33H,3-8,11-13H2,1-2H3,(H,32,37)(H,34,35,36)/t16-,17-/m0/s1. The SMILES string of the molecule is CP(C)(=O)c1c2ccc3c(c[nH]c13)-c1nc(ncc1C(F)(F)F)N[C@H]1CC[C@@H](C1)NCCCCCCNC2=O. The molecule has 0 radical (unpaired) electrons. The first-order valence-electron chi connectivity index (χ1n) is 13.4. The number of nitrogens with one attached hydrogen (secondary N) is 4. The van der Waals surface area contributed by atoms with Gasteiger partial charge in [-0.25, -0.2) is 9.97 Å². The maximum Gasteiger partial charge on any atom is 0.419 e. The Bertz CT molecular complexity index is 1420. The average molecular weight is 563 g/mol. The molecule has 1 saturated carbocycles. The van der Waals surface area contributed by atoms with Gasteiger partial charge in [-0.1, -0.05) is 18.9 Å². The number of carbonyl (C=O) groups is 1. The lowest BCUT2D eigenvalue weighted by atomic mass is 10.0. The molecule has 0 spiro atoms. The van der Waals surface area contributed by atoms with Crippen molar-refractivity contribution in [2.24, 2.45) is 0 Å². The van der Waals surface area contributed by atoms with Crippen molar-refractivity contribution in [2.75, 3.05) is 31.7 Å². The van der Waals surface area contributed by atoms with Gasteiger partial charge in [-0.3, -0.25) is 4.79 Å². The molecule has 0 unspecified atom stereocenters. The third-order valence-corrected chi connectivity index (χ3v) is 9.09. The maximum absolute atomic E-state index is 14.1. The van der Waals surface area contributed by atoms with Gasteiger partial charge in [0.25, 0.3) is 5.91 Å². The average Bonchev–Trinajstić information content (AvgIpc) is 3.49. The summed E-state index contributed by atoms with van der Waals surface area (Å²) in [5.74, 6) is -0.211. The van der Waals surface area contributed by atoms with E-state index in [2.05, 4.69) is 30.9 Å². The van der Waals surface area contributed by atoms with E-state index in [4.69, 9.17) is 0 Å². The molecule has 2 atom stereocenters. The lowest BCUT2D eigenvalue weighted by molar-refractivity contribution is -0.137. The van der Waals surface area contributed by atoms with Crippen LogP contribution in [0.2, 0.25) is 0 Å². The molecule has 39 heavy (non-hydrogen) atoms. The summed E-state index contributed by atoms with van der Waals surface area (Å²) < 4.78 is 55.7. The Kier molecular flexibility index (Phi) is 7.75. The summed E-state index contributed by atoms with van der Waals surface area (Å²) in [7, 11) is -3.02. The zero-order chi connectivity index (χ0) is 27.8. The van der Waals surface area contributed by atoms with Crippen LogP contribution < -0.4 is 21.3 Å². The van der Waals surface area contributed by atoms with Crippen LogP contribution in [0.25, 0.3) is 22.2 Å². The molecule has 1 amide bonds. The smallest absolute Gasteiger partial charge is 0.360 e. The van der Waals surface area contributed by atoms with Crippen molar-refractivity contribution in [3.8, 4) is 11.3 Å². The van der Waals surface area contributed by atoms with Crippen molar-refractivity contribution in [1.29, 1.82) is 0 Å². The van der Waals surface area contributed by atoms with E-state index < -0.39 is 18.9 Å². The van der Waals surface area contributed by atoms with Crippen molar-refractivity contribution in [2.45, 2.75) is 63.2 Å². The molecule has 2 aliphatic heterocycles. The van der Waals surface area contributed by atoms with Gasteiger partial charge in [-0.05, 0) is 58.0 Å². The van der Waals surface area contributed by atoms with Crippen LogP contribution in [0.15, 0.2) is 24.5 Å². The first-order valence-corrected chi connectivity index (χ1v) is 16.0. The second-order valence-electron chi connectivity index (χ2n) is 10.9. The van der Waals surface area contributed by atoms with Crippen molar-refractivity contribution < 1.29 is 22.5 Å². The molecule has 6 rings (SSSR count). The lowest BCUT2D eigenvalue weighted by Gasteiger charge is -2.17. The fraction of sp³-hybridized carbons (Fsp3) is 0.519. The lowest BCUT2D eigenvalue weighted by Crippen LogP contribution is -2.30. The molecule has 0 saturated heterocycles. The topological polar surface area (TPSA) is 112 Å². The van der Waals surface area contributed by atoms with Gasteiger partial charge < -0.3 is 25.5 Å². The fourth-order valence-electron chi connectivity index (χ4n) is 5.67. The third kappa shape index (κ3) is 5.99. The number of amides is 1. The van der Waals surface area contributed by atoms with E-state index in [1.807, 2.05) is 0 Å². The molecule has 1 fully saturated rings. The molecule has 3 aromatic rings. The predicted octanol–water partition coefficient (Wildman–Crippen LogP) is 5.12. The molecule has 12 heteroatoms. The Labute approximate surface area is 225 Å². The van der Waals surface area contributed by atoms with Gasteiger partial charge in [0.1, 0.15) is 12.7 Å². The van der Waals surface area contributed by atoms with Gasteiger partial charge in [0, 0.05) is 47.3 Å². The second kappa shape index (κ2) is 10.9. The summed E-state index contributed by atoms with van der Waals surface area (Å²) >= 11 is 0. The Morgan fingerprint density at radius 1 is 1.00 bits per heavy atom. The fourth-order valence-corrected chi connectivity index (χ4v) is 7.15. The van der Waals surface area contributed by atoms with Crippen molar-refractivity contribution in [3.63, 3.8) is 0 Å².